The summed E-state index contributed by atoms with van der Waals surface area (Å²) in [6.07, 6.45) is 0. The van der Waals surface area contributed by atoms with E-state index in [1.54, 1.807) is 6.07 Å². The van der Waals surface area contributed by atoms with E-state index in [9.17, 15) is 10.1 Å². The number of nitrogens with zero attached hydrogens (tertiary/aromatic N) is 2. The Labute approximate surface area is 117 Å². The SMILES string of the molecule is CCN(c1ccccc1C)c1ccc([N+](=O)[O-])cc1N. The molecule has 5 nitrogen and oxygen atoms in total. The van der Waals surface area contributed by atoms with Crippen molar-refractivity contribution in [2.75, 3.05) is 17.2 Å². The Morgan fingerprint density at radius 2 is 1.90 bits per heavy atom. The monoisotopic (exact) mass is 271 g/mol. The smallest absolute Gasteiger partial charge is 0.271 e. The molecular weight excluding hydrogens is 254 g/mol. The molecule has 2 N–H and O–H groups in total. The van der Waals surface area contributed by atoms with Crippen LogP contribution in [0.2, 0.25) is 0 Å². The zero-order valence-corrected chi connectivity index (χ0v) is 11.5. The fourth-order valence-electron chi connectivity index (χ4n) is 2.24. The molecule has 0 unspecified atom stereocenters. The molecule has 0 aromatic heterocycles. The maximum atomic E-state index is 10.8. The molecule has 0 radical (unpaired) electrons. The van der Waals surface area contributed by atoms with Gasteiger partial charge in [0.25, 0.3) is 5.69 Å². The third-order valence-corrected chi connectivity index (χ3v) is 3.24. The van der Waals surface area contributed by atoms with Gasteiger partial charge in [0.1, 0.15) is 0 Å². The van der Waals surface area contributed by atoms with Crippen LogP contribution in [0.15, 0.2) is 42.5 Å². The zero-order valence-electron chi connectivity index (χ0n) is 11.5. The van der Waals surface area contributed by atoms with Crippen LogP contribution in [0.5, 0.6) is 0 Å². The van der Waals surface area contributed by atoms with Gasteiger partial charge in [-0.25, -0.2) is 0 Å². The fourth-order valence-corrected chi connectivity index (χ4v) is 2.24. The molecule has 5 heteroatoms. The van der Waals surface area contributed by atoms with Crippen molar-refractivity contribution in [2.45, 2.75) is 13.8 Å². The molecule has 0 atom stereocenters. The summed E-state index contributed by atoms with van der Waals surface area (Å²) in [5, 5.41) is 10.8. The Hall–Kier alpha value is -2.56. The molecule has 2 aromatic carbocycles. The van der Waals surface area contributed by atoms with E-state index >= 15 is 0 Å². The van der Waals surface area contributed by atoms with Gasteiger partial charge < -0.3 is 10.6 Å². The Bertz CT molecular complexity index is 641. The van der Waals surface area contributed by atoms with E-state index in [1.165, 1.54) is 12.1 Å². The first-order valence-corrected chi connectivity index (χ1v) is 6.41. The van der Waals surface area contributed by atoms with Gasteiger partial charge in [-0.3, -0.25) is 10.1 Å². The van der Waals surface area contributed by atoms with Gasteiger partial charge in [-0.05, 0) is 31.5 Å². The van der Waals surface area contributed by atoms with Crippen LogP contribution in [0.3, 0.4) is 0 Å². The van der Waals surface area contributed by atoms with E-state index in [4.69, 9.17) is 5.73 Å². The zero-order chi connectivity index (χ0) is 14.7. The molecule has 104 valence electrons. The molecule has 0 fully saturated rings. The van der Waals surface area contributed by atoms with Crippen molar-refractivity contribution >= 4 is 22.7 Å². The molecule has 20 heavy (non-hydrogen) atoms. The van der Waals surface area contributed by atoms with Crippen LogP contribution in [0.1, 0.15) is 12.5 Å². The average Bonchev–Trinajstić information content (AvgIpc) is 2.43. The number of nitrogen functional groups attached to an aromatic ring is 1. The van der Waals surface area contributed by atoms with Crippen LogP contribution in [0, 0.1) is 17.0 Å². The summed E-state index contributed by atoms with van der Waals surface area (Å²) in [6, 6.07) is 12.6. The normalized spacial score (nSPS) is 10.3. The molecule has 0 saturated carbocycles. The molecule has 0 aliphatic carbocycles. The minimum absolute atomic E-state index is 0.00656. The summed E-state index contributed by atoms with van der Waals surface area (Å²) in [5.74, 6) is 0. The van der Waals surface area contributed by atoms with Crippen LogP contribution in [0.4, 0.5) is 22.7 Å². The maximum Gasteiger partial charge on any atom is 0.271 e. The number of aryl methyl sites for hydroxylation is 1. The van der Waals surface area contributed by atoms with Gasteiger partial charge >= 0.3 is 0 Å². The van der Waals surface area contributed by atoms with Gasteiger partial charge in [-0.2, -0.15) is 0 Å². The van der Waals surface area contributed by atoms with Crippen LogP contribution in [-0.4, -0.2) is 11.5 Å². The predicted molar refractivity (Wildman–Crippen MR) is 81.4 cm³/mol. The van der Waals surface area contributed by atoms with Crippen molar-refractivity contribution in [1.82, 2.24) is 0 Å². The van der Waals surface area contributed by atoms with Crippen molar-refractivity contribution in [1.29, 1.82) is 0 Å². The number of non-ortho nitro benzene ring substituents is 1. The highest BCUT2D eigenvalue weighted by molar-refractivity contribution is 5.77. The van der Waals surface area contributed by atoms with Crippen molar-refractivity contribution in [3.05, 3.63) is 58.1 Å². The number of benzene rings is 2. The van der Waals surface area contributed by atoms with Crippen molar-refractivity contribution < 1.29 is 4.92 Å². The molecule has 0 amide bonds. The van der Waals surface area contributed by atoms with E-state index in [0.717, 1.165) is 23.5 Å². The van der Waals surface area contributed by atoms with Crippen molar-refractivity contribution in [2.24, 2.45) is 0 Å². The lowest BCUT2D eigenvalue weighted by Crippen LogP contribution is -2.18. The number of nitro groups is 1. The topological polar surface area (TPSA) is 72.4 Å². The quantitative estimate of drug-likeness (QED) is 0.523. The number of nitrogens with two attached hydrogens (primary N) is 1. The minimum Gasteiger partial charge on any atom is -0.397 e. The lowest BCUT2D eigenvalue weighted by Gasteiger charge is -2.26. The molecule has 2 rings (SSSR count). The second-order valence-corrected chi connectivity index (χ2v) is 4.53. The van der Waals surface area contributed by atoms with E-state index in [2.05, 4.69) is 0 Å². The van der Waals surface area contributed by atoms with Gasteiger partial charge in [0, 0.05) is 24.4 Å². The molecule has 0 aliphatic heterocycles. The van der Waals surface area contributed by atoms with Crippen LogP contribution >= 0.6 is 0 Å². The highest BCUT2D eigenvalue weighted by Gasteiger charge is 2.15. The number of para-hydroxylation sites is 1. The number of nitro benzene ring substituents is 1. The molecular formula is C15H17N3O2. The first kappa shape index (κ1) is 13.9. The summed E-state index contributed by atoms with van der Waals surface area (Å²) >= 11 is 0. The summed E-state index contributed by atoms with van der Waals surface area (Å²) in [6.45, 7) is 4.78. The average molecular weight is 271 g/mol. The van der Waals surface area contributed by atoms with E-state index in [0.29, 0.717) is 5.69 Å². The van der Waals surface area contributed by atoms with Gasteiger partial charge in [-0.15, -0.1) is 0 Å². The Balaban J connectivity index is 2.48. The summed E-state index contributed by atoms with van der Waals surface area (Å²) in [5.41, 5.74) is 9.36. The van der Waals surface area contributed by atoms with Gasteiger partial charge in [0.2, 0.25) is 0 Å². The number of hydrogen-bond donors (Lipinski definition) is 1. The summed E-state index contributed by atoms with van der Waals surface area (Å²) in [7, 11) is 0. The van der Waals surface area contributed by atoms with E-state index in [1.807, 2.05) is 43.0 Å². The van der Waals surface area contributed by atoms with E-state index in [-0.39, 0.29) is 5.69 Å². The Morgan fingerprint density at radius 1 is 1.20 bits per heavy atom. The van der Waals surface area contributed by atoms with Crippen molar-refractivity contribution in [3.63, 3.8) is 0 Å². The first-order chi connectivity index (χ1) is 9.54. The number of rotatable bonds is 4. The van der Waals surface area contributed by atoms with Gasteiger partial charge in [0.05, 0.1) is 16.3 Å². The predicted octanol–water partition coefficient (Wildman–Crippen LogP) is 3.64. The Kier molecular flexibility index (Phi) is 3.89. The lowest BCUT2D eigenvalue weighted by molar-refractivity contribution is -0.384. The maximum absolute atomic E-state index is 10.8. The molecule has 0 aliphatic rings. The van der Waals surface area contributed by atoms with Gasteiger partial charge in [-0.1, -0.05) is 18.2 Å². The summed E-state index contributed by atoms with van der Waals surface area (Å²) < 4.78 is 0. The number of anilines is 3. The fraction of sp³-hybridized carbons (Fsp3) is 0.200. The Morgan fingerprint density at radius 3 is 2.45 bits per heavy atom. The minimum atomic E-state index is -0.440. The third kappa shape index (κ3) is 2.56. The third-order valence-electron chi connectivity index (χ3n) is 3.24. The molecule has 0 heterocycles. The first-order valence-electron chi connectivity index (χ1n) is 6.41. The lowest BCUT2D eigenvalue weighted by atomic mass is 10.1. The van der Waals surface area contributed by atoms with Crippen LogP contribution in [-0.2, 0) is 0 Å². The molecule has 0 bridgehead atoms. The highest BCUT2D eigenvalue weighted by Crippen LogP contribution is 2.34. The number of hydrogen-bond acceptors (Lipinski definition) is 4. The van der Waals surface area contributed by atoms with Gasteiger partial charge in [0.15, 0.2) is 0 Å². The largest absolute Gasteiger partial charge is 0.397 e. The second-order valence-electron chi connectivity index (χ2n) is 4.53. The van der Waals surface area contributed by atoms with Crippen LogP contribution in [0.25, 0.3) is 0 Å². The highest BCUT2D eigenvalue weighted by atomic mass is 16.6. The molecule has 0 spiro atoms. The standard InChI is InChI=1S/C15H17N3O2/c1-3-17(14-7-5-4-6-11(14)2)15-9-8-12(18(19)20)10-13(15)16/h4-10H,3,16H2,1-2H3. The van der Waals surface area contributed by atoms with E-state index < -0.39 is 4.92 Å². The second kappa shape index (κ2) is 5.61. The molecule has 2 aromatic rings. The van der Waals surface area contributed by atoms with Crippen LogP contribution < -0.4 is 10.6 Å². The summed E-state index contributed by atoms with van der Waals surface area (Å²) in [4.78, 5) is 12.4. The van der Waals surface area contributed by atoms with Crippen molar-refractivity contribution in [3.8, 4) is 0 Å². The molecule has 0 saturated heterocycles.